The Kier molecular flexibility index (Phi) is 2.32. The van der Waals surface area contributed by atoms with Gasteiger partial charge in [-0.2, -0.15) is 13.2 Å². The largest absolute Gasteiger partial charge is 0.418 e. The number of rotatable bonds is 1. The zero-order valence-corrected chi connectivity index (χ0v) is 6.73. The van der Waals surface area contributed by atoms with E-state index in [4.69, 9.17) is 5.73 Å². The van der Waals surface area contributed by atoms with Crippen molar-refractivity contribution in [3.8, 4) is 0 Å². The summed E-state index contributed by atoms with van der Waals surface area (Å²) in [6, 6.07) is 3.73. The van der Waals surface area contributed by atoms with Crippen molar-refractivity contribution in [3.63, 3.8) is 0 Å². The normalized spacial score (nSPS) is 11.3. The van der Waals surface area contributed by atoms with E-state index in [1.54, 1.807) is 0 Å². The van der Waals surface area contributed by atoms with Crippen molar-refractivity contribution < 1.29 is 13.2 Å². The van der Waals surface area contributed by atoms with Crippen LogP contribution in [0.5, 0.6) is 0 Å². The monoisotopic (exact) mass is 187 g/mol. The zero-order valence-electron chi connectivity index (χ0n) is 6.73. The van der Waals surface area contributed by atoms with Crippen LogP contribution in [0, 0.1) is 0 Å². The van der Waals surface area contributed by atoms with Gasteiger partial charge in [-0.15, -0.1) is 0 Å². The maximum absolute atomic E-state index is 12.3. The van der Waals surface area contributed by atoms with Crippen LogP contribution in [0.2, 0.25) is 0 Å². The molecular weight excluding hydrogens is 179 g/mol. The van der Waals surface area contributed by atoms with E-state index >= 15 is 0 Å². The molecule has 0 amide bonds. The molecule has 4 heteroatoms. The number of alkyl halides is 3. The highest BCUT2D eigenvalue weighted by Gasteiger charge is 2.33. The predicted molar refractivity (Wildman–Crippen MR) is 45.9 cm³/mol. The van der Waals surface area contributed by atoms with Crippen molar-refractivity contribution in [2.45, 2.75) is 6.18 Å². The molecule has 0 fully saturated rings. The van der Waals surface area contributed by atoms with Crippen molar-refractivity contribution in [2.24, 2.45) is 0 Å². The standard InChI is InChI=1S/C9H8F3N/c1-2-6-4-3-5-7(8(6)13)9(10,11)12/h2-5H,1,13H2. The minimum absolute atomic E-state index is 0.273. The number of halogens is 3. The molecule has 0 aliphatic rings. The summed E-state index contributed by atoms with van der Waals surface area (Å²) in [5.74, 6) is 0. The highest BCUT2D eigenvalue weighted by Crippen LogP contribution is 2.34. The summed E-state index contributed by atoms with van der Waals surface area (Å²) >= 11 is 0. The van der Waals surface area contributed by atoms with Gasteiger partial charge in [-0.3, -0.25) is 0 Å². The van der Waals surface area contributed by atoms with Crippen molar-refractivity contribution in [1.82, 2.24) is 0 Å². The zero-order chi connectivity index (χ0) is 10.1. The van der Waals surface area contributed by atoms with Crippen LogP contribution in [-0.4, -0.2) is 0 Å². The maximum Gasteiger partial charge on any atom is 0.418 e. The van der Waals surface area contributed by atoms with Gasteiger partial charge >= 0.3 is 6.18 Å². The van der Waals surface area contributed by atoms with Gasteiger partial charge in [0.2, 0.25) is 0 Å². The average Bonchev–Trinajstić information content (AvgIpc) is 2.02. The van der Waals surface area contributed by atoms with E-state index in [0.29, 0.717) is 5.56 Å². The minimum Gasteiger partial charge on any atom is -0.398 e. The van der Waals surface area contributed by atoms with Crippen LogP contribution in [0.15, 0.2) is 24.8 Å². The Balaban J connectivity index is 3.32. The molecule has 0 atom stereocenters. The van der Waals surface area contributed by atoms with Crippen LogP contribution in [0.1, 0.15) is 11.1 Å². The Morgan fingerprint density at radius 1 is 1.31 bits per heavy atom. The van der Waals surface area contributed by atoms with Crippen LogP contribution < -0.4 is 5.73 Å². The van der Waals surface area contributed by atoms with E-state index in [0.717, 1.165) is 6.07 Å². The summed E-state index contributed by atoms with van der Waals surface area (Å²) < 4.78 is 36.8. The average molecular weight is 187 g/mol. The first-order valence-electron chi connectivity index (χ1n) is 3.55. The Labute approximate surface area is 73.7 Å². The summed E-state index contributed by atoms with van der Waals surface area (Å²) in [6.07, 6.45) is -3.10. The molecule has 1 aromatic rings. The third-order valence-corrected chi connectivity index (χ3v) is 1.67. The quantitative estimate of drug-likeness (QED) is 0.672. The number of nitrogens with two attached hydrogens (primary N) is 1. The van der Waals surface area contributed by atoms with Gasteiger partial charge in [0.15, 0.2) is 0 Å². The SMILES string of the molecule is C=Cc1cccc(C(F)(F)F)c1N. The van der Waals surface area contributed by atoms with Crippen LogP contribution in [-0.2, 0) is 6.18 Å². The summed E-state index contributed by atoms with van der Waals surface area (Å²) in [4.78, 5) is 0. The fraction of sp³-hybridized carbons (Fsp3) is 0.111. The highest BCUT2D eigenvalue weighted by atomic mass is 19.4. The molecule has 0 aromatic heterocycles. The molecule has 70 valence electrons. The number of hydrogen-bond acceptors (Lipinski definition) is 1. The maximum atomic E-state index is 12.3. The lowest BCUT2D eigenvalue weighted by Gasteiger charge is -2.11. The van der Waals surface area contributed by atoms with Gasteiger partial charge in [-0.05, 0) is 11.6 Å². The summed E-state index contributed by atoms with van der Waals surface area (Å²) in [5, 5.41) is 0. The molecule has 1 rings (SSSR count). The lowest BCUT2D eigenvalue weighted by molar-refractivity contribution is -0.136. The second kappa shape index (κ2) is 3.12. The van der Waals surface area contributed by atoms with Gasteiger partial charge in [0, 0.05) is 0 Å². The second-order valence-corrected chi connectivity index (χ2v) is 2.51. The molecule has 0 heterocycles. The third kappa shape index (κ3) is 1.83. The molecule has 1 nitrogen and oxygen atoms in total. The topological polar surface area (TPSA) is 26.0 Å². The van der Waals surface area contributed by atoms with Gasteiger partial charge in [0.05, 0.1) is 11.3 Å². The number of benzene rings is 1. The first-order chi connectivity index (χ1) is 5.96. The van der Waals surface area contributed by atoms with Crippen molar-refractivity contribution >= 4 is 11.8 Å². The number of hydrogen-bond donors (Lipinski definition) is 1. The Bertz CT molecular complexity index is 328. The number of nitrogen functional groups attached to an aromatic ring is 1. The van der Waals surface area contributed by atoms with Crippen LogP contribution in [0.4, 0.5) is 18.9 Å². The van der Waals surface area contributed by atoms with Crippen molar-refractivity contribution in [1.29, 1.82) is 0 Å². The molecule has 0 saturated carbocycles. The molecule has 0 aliphatic heterocycles. The van der Waals surface area contributed by atoms with E-state index < -0.39 is 11.7 Å². The summed E-state index contributed by atoms with van der Waals surface area (Å²) in [6.45, 7) is 3.37. The van der Waals surface area contributed by atoms with E-state index in [1.165, 1.54) is 18.2 Å². The number of para-hydroxylation sites is 1. The van der Waals surface area contributed by atoms with Gasteiger partial charge in [0.25, 0.3) is 0 Å². The fourth-order valence-electron chi connectivity index (χ4n) is 1.01. The summed E-state index contributed by atoms with van der Waals surface area (Å²) in [7, 11) is 0. The summed E-state index contributed by atoms with van der Waals surface area (Å²) in [5.41, 5.74) is 4.50. The van der Waals surface area contributed by atoms with Crippen LogP contribution in [0.3, 0.4) is 0 Å². The lowest BCUT2D eigenvalue weighted by Crippen LogP contribution is -2.09. The van der Waals surface area contributed by atoms with Crippen LogP contribution >= 0.6 is 0 Å². The van der Waals surface area contributed by atoms with E-state index in [9.17, 15) is 13.2 Å². The molecular formula is C9H8F3N. The first-order valence-corrected chi connectivity index (χ1v) is 3.55. The van der Waals surface area contributed by atoms with Crippen molar-refractivity contribution in [3.05, 3.63) is 35.9 Å². The van der Waals surface area contributed by atoms with Crippen molar-refractivity contribution in [2.75, 3.05) is 5.73 Å². The molecule has 13 heavy (non-hydrogen) atoms. The van der Waals surface area contributed by atoms with Gasteiger partial charge in [-0.1, -0.05) is 24.8 Å². The van der Waals surface area contributed by atoms with Gasteiger partial charge in [-0.25, -0.2) is 0 Å². The molecule has 2 N–H and O–H groups in total. The van der Waals surface area contributed by atoms with E-state index in [-0.39, 0.29) is 5.69 Å². The predicted octanol–water partition coefficient (Wildman–Crippen LogP) is 2.93. The molecule has 0 unspecified atom stereocenters. The Hall–Kier alpha value is -1.45. The second-order valence-electron chi connectivity index (χ2n) is 2.51. The molecule has 0 aliphatic carbocycles. The number of anilines is 1. The minimum atomic E-state index is -4.40. The van der Waals surface area contributed by atoms with Gasteiger partial charge < -0.3 is 5.73 Å². The van der Waals surface area contributed by atoms with Crippen LogP contribution in [0.25, 0.3) is 6.08 Å². The molecule has 0 saturated heterocycles. The Morgan fingerprint density at radius 2 is 1.92 bits per heavy atom. The van der Waals surface area contributed by atoms with E-state index in [1.807, 2.05) is 0 Å². The lowest BCUT2D eigenvalue weighted by atomic mass is 10.1. The molecule has 1 aromatic carbocycles. The third-order valence-electron chi connectivity index (χ3n) is 1.67. The smallest absolute Gasteiger partial charge is 0.398 e. The Morgan fingerprint density at radius 3 is 2.38 bits per heavy atom. The molecule has 0 spiro atoms. The van der Waals surface area contributed by atoms with Gasteiger partial charge in [0.1, 0.15) is 0 Å². The first kappa shape index (κ1) is 9.64. The fourth-order valence-corrected chi connectivity index (χ4v) is 1.01. The van der Waals surface area contributed by atoms with E-state index in [2.05, 4.69) is 6.58 Å². The molecule has 0 bridgehead atoms. The molecule has 0 radical (unpaired) electrons. The highest BCUT2D eigenvalue weighted by molar-refractivity contribution is 5.67.